The van der Waals surface area contributed by atoms with Gasteiger partial charge in [0.2, 0.25) is 17.8 Å². The number of benzene rings is 2. The molecule has 2 N–H and O–H groups in total. The summed E-state index contributed by atoms with van der Waals surface area (Å²) in [6, 6.07) is 16.6. The predicted octanol–water partition coefficient (Wildman–Crippen LogP) is 1.50. The fourth-order valence-corrected chi connectivity index (χ4v) is 4.09. The first-order valence-electron chi connectivity index (χ1n) is 11.3. The van der Waals surface area contributed by atoms with Gasteiger partial charge < -0.3 is 20.3 Å². The van der Waals surface area contributed by atoms with Crippen LogP contribution in [0, 0.1) is 0 Å². The van der Waals surface area contributed by atoms with E-state index in [1.807, 2.05) is 54.6 Å². The van der Waals surface area contributed by atoms with Gasteiger partial charge in [-0.1, -0.05) is 35.4 Å². The number of nitrogens with zero attached hydrogens (tertiary/aromatic N) is 5. The number of para-hydroxylation sites is 1. The molecule has 0 spiro atoms. The minimum absolute atomic E-state index is 0.0110. The summed E-state index contributed by atoms with van der Waals surface area (Å²) in [5, 5.41) is 18.1. The third-order valence-electron chi connectivity index (χ3n) is 5.87. The van der Waals surface area contributed by atoms with Crippen LogP contribution < -0.4 is 20.3 Å². The van der Waals surface area contributed by atoms with Crippen molar-refractivity contribution in [3.63, 3.8) is 0 Å². The van der Waals surface area contributed by atoms with Crippen molar-refractivity contribution < 1.29 is 14.3 Å². The number of nitrogens with one attached hydrogen (secondary N) is 2. The van der Waals surface area contributed by atoms with Crippen LogP contribution in [0.3, 0.4) is 0 Å². The van der Waals surface area contributed by atoms with Crippen LogP contribution in [0.4, 0.5) is 5.95 Å². The Morgan fingerprint density at radius 2 is 1.79 bits per heavy atom. The van der Waals surface area contributed by atoms with Crippen molar-refractivity contribution in [1.82, 2.24) is 30.8 Å². The molecule has 10 nitrogen and oxygen atoms in total. The van der Waals surface area contributed by atoms with E-state index in [0.29, 0.717) is 25.5 Å². The van der Waals surface area contributed by atoms with Crippen molar-refractivity contribution in [1.29, 1.82) is 0 Å². The molecule has 0 saturated carbocycles. The molecule has 0 unspecified atom stereocenters. The molecule has 1 saturated heterocycles. The molecule has 0 aliphatic carbocycles. The van der Waals surface area contributed by atoms with E-state index in [1.54, 1.807) is 11.8 Å². The highest BCUT2D eigenvalue weighted by Gasteiger charge is 2.27. The first kappa shape index (κ1) is 23.2. The van der Waals surface area contributed by atoms with Crippen LogP contribution in [0.1, 0.15) is 25.3 Å². The second kappa shape index (κ2) is 10.8. The zero-order chi connectivity index (χ0) is 23.9. The Labute approximate surface area is 198 Å². The van der Waals surface area contributed by atoms with Gasteiger partial charge in [-0.2, -0.15) is 4.68 Å². The van der Waals surface area contributed by atoms with Gasteiger partial charge in [0.05, 0.1) is 12.8 Å². The largest absolute Gasteiger partial charge is 0.497 e. The minimum atomic E-state index is -0.644. The highest BCUT2D eigenvalue weighted by Crippen LogP contribution is 2.20. The maximum absolute atomic E-state index is 13.0. The van der Waals surface area contributed by atoms with Gasteiger partial charge >= 0.3 is 0 Å². The highest BCUT2D eigenvalue weighted by molar-refractivity contribution is 5.87. The number of amides is 2. The number of aromatic nitrogens is 4. The Morgan fingerprint density at radius 3 is 2.44 bits per heavy atom. The van der Waals surface area contributed by atoms with E-state index in [1.165, 1.54) is 6.92 Å². The van der Waals surface area contributed by atoms with Gasteiger partial charge in [-0.25, -0.2) is 0 Å². The first-order valence-corrected chi connectivity index (χ1v) is 11.3. The van der Waals surface area contributed by atoms with Crippen molar-refractivity contribution in [2.24, 2.45) is 0 Å². The normalized spacial score (nSPS) is 14.9. The van der Waals surface area contributed by atoms with Crippen LogP contribution in [-0.2, 0) is 16.0 Å². The Morgan fingerprint density at radius 1 is 1.09 bits per heavy atom. The molecular weight excluding hydrogens is 434 g/mol. The number of piperidine rings is 1. The molecule has 2 heterocycles. The summed E-state index contributed by atoms with van der Waals surface area (Å²) in [5.74, 6) is 1.01. The summed E-state index contributed by atoms with van der Waals surface area (Å²) in [5.41, 5.74) is 1.84. The number of tetrazole rings is 1. The smallest absolute Gasteiger partial charge is 0.250 e. The van der Waals surface area contributed by atoms with Crippen molar-refractivity contribution >= 4 is 17.8 Å². The fourth-order valence-electron chi connectivity index (χ4n) is 4.09. The highest BCUT2D eigenvalue weighted by atomic mass is 16.5. The number of rotatable bonds is 8. The van der Waals surface area contributed by atoms with E-state index < -0.39 is 6.04 Å². The maximum atomic E-state index is 13.0. The minimum Gasteiger partial charge on any atom is -0.497 e. The lowest BCUT2D eigenvalue weighted by molar-refractivity contribution is -0.128. The van der Waals surface area contributed by atoms with E-state index in [-0.39, 0.29) is 17.9 Å². The lowest BCUT2D eigenvalue weighted by Gasteiger charge is -2.33. The molecule has 4 rings (SSSR count). The van der Waals surface area contributed by atoms with Crippen molar-refractivity contribution in [3.05, 3.63) is 60.2 Å². The lowest BCUT2D eigenvalue weighted by Crippen LogP contribution is -2.52. The molecular formula is C24H29N7O3. The summed E-state index contributed by atoms with van der Waals surface area (Å²) in [7, 11) is 1.61. The van der Waals surface area contributed by atoms with Crippen LogP contribution in [0.2, 0.25) is 0 Å². The molecule has 2 aromatic carbocycles. The van der Waals surface area contributed by atoms with Gasteiger partial charge in [0, 0.05) is 32.5 Å². The zero-order valence-electron chi connectivity index (χ0n) is 19.3. The number of hydrogen-bond donors (Lipinski definition) is 2. The monoisotopic (exact) mass is 463 g/mol. The van der Waals surface area contributed by atoms with Gasteiger partial charge in [-0.15, -0.1) is 0 Å². The van der Waals surface area contributed by atoms with Crippen LogP contribution in [-0.4, -0.2) is 64.3 Å². The average Bonchev–Trinajstić information content (AvgIpc) is 3.35. The van der Waals surface area contributed by atoms with Crippen LogP contribution in [0.25, 0.3) is 5.69 Å². The molecule has 1 aromatic heterocycles. The van der Waals surface area contributed by atoms with Crippen LogP contribution >= 0.6 is 0 Å². The lowest BCUT2D eigenvalue weighted by atomic mass is 10.0. The number of ether oxygens (including phenoxy) is 1. The van der Waals surface area contributed by atoms with Crippen molar-refractivity contribution in [2.75, 3.05) is 25.1 Å². The molecule has 3 aromatic rings. The standard InChI is InChI=1S/C24H29N7O3/c1-17(32)25-22(16-18-8-10-21(34-2)11-9-18)23(33)26-19-12-14-30(15-13-19)24-27-28-29-31(24)20-6-4-3-5-7-20/h3-11,19,22H,12-16H2,1-2H3,(H,25,32)(H,26,33)/t22-/m0/s1. The van der Waals surface area contributed by atoms with Crippen molar-refractivity contribution in [2.45, 2.75) is 38.3 Å². The number of methoxy groups -OCH3 is 1. The van der Waals surface area contributed by atoms with Crippen LogP contribution in [0.15, 0.2) is 54.6 Å². The second-order valence-corrected chi connectivity index (χ2v) is 8.30. The SMILES string of the molecule is COc1ccc(C[C@H](NC(C)=O)C(=O)NC2CCN(c3nnnn3-c3ccccc3)CC2)cc1. The van der Waals surface area contributed by atoms with E-state index in [9.17, 15) is 9.59 Å². The third kappa shape index (κ3) is 5.69. The quantitative estimate of drug-likeness (QED) is 0.520. The molecule has 1 atom stereocenters. The zero-order valence-corrected chi connectivity index (χ0v) is 19.3. The van der Waals surface area contributed by atoms with Gasteiger partial charge in [0.15, 0.2) is 0 Å². The van der Waals surface area contributed by atoms with Crippen LogP contribution in [0.5, 0.6) is 5.75 Å². The summed E-state index contributed by atoms with van der Waals surface area (Å²) < 4.78 is 6.91. The van der Waals surface area contributed by atoms with Gasteiger partial charge in [0.25, 0.3) is 0 Å². The molecule has 2 amide bonds. The molecule has 0 bridgehead atoms. The summed E-state index contributed by atoms with van der Waals surface area (Å²) in [6.07, 6.45) is 1.91. The Bertz CT molecular complexity index is 1090. The number of hydrogen-bond acceptors (Lipinski definition) is 7. The first-order chi connectivity index (χ1) is 16.5. The fraction of sp³-hybridized carbons (Fsp3) is 0.375. The molecule has 1 fully saturated rings. The van der Waals surface area contributed by atoms with E-state index in [0.717, 1.165) is 29.8 Å². The molecule has 1 aliphatic rings. The summed E-state index contributed by atoms with van der Waals surface area (Å²) >= 11 is 0. The van der Waals surface area contributed by atoms with E-state index in [4.69, 9.17) is 4.74 Å². The van der Waals surface area contributed by atoms with Gasteiger partial charge in [-0.05, 0) is 53.1 Å². The van der Waals surface area contributed by atoms with Gasteiger partial charge in [0.1, 0.15) is 11.8 Å². The number of carbonyl (C=O) groups is 2. The Hall–Kier alpha value is -3.95. The van der Waals surface area contributed by atoms with Gasteiger partial charge in [-0.3, -0.25) is 9.59 Å². The number of anilines is 1. The molecule has 0 radical (unpaired) electrons. The number of carbonyl (C=O) groups excluding carboxylic acids is 2. The van der Waals surface area contributed by atoms with E-state index >= 15 is 0 Å². The molecule has 10 heteroatoms. The summed E-state index contributed by atoms with van der Waals surface area (Å²) in [6.45, 7) is 2.84. The maximum Gasteiger partial charge on any atom is 0.250 e. The Kier molecular flexibility index (Phi) is 7.36. The molecule has 178 valence electrons. The second-order valence-electron chi connectivity index (χ2n) is 8.30. The molecule has 1 aliphatic heterocycles. The third-order valence-corrected chi connectivity index (χ3v) is 5.87. The molecule has 34 heavy (non-hydrogen) atoms. The average molecular weight is 464 g/mol. The topological polar surface area (TPSA) is 114 Å². The Balaban J connectivity index is 1.35. The summed E-state index contributed by atoms with van der Waals surface area (Å²) in [4.78, 5) is 26.9. The van der Waals surface area contributed by atoms with Crippen molar-refractivity contribution in [3.8, 4) is 11.4 Å². The predicted molar refractivity (Wildman–Crippen MR) is 127 cm³/mol. The van der Waals surface area contributed by atoms with E-state index in [2.05, 4.69) is 31.1 Å².